The van der Waals surface area contributed by atoms with Crippen LogP contribution in [0.5, 0.6) is 0 Å². The van der Waals surface area contributed by atoms with Crippen LogP contribution in [-0.4, -0.2) is 6.54 Å². The van der Waals surface area contributed by atoms with Crippen molar-refractivity contribution in [2.24, 2.45) is 5.92 Å². The third-order valence-corrected chi connectivity index (χ3v) is 4.53. The summed E-state index contributed by atoms with van der Waals surface area (Å²) in [5.74, 6) is 1.30. The second kappa shape index (κ2) is 5.93. The molecular weight excluding hydrogens is 254 g/mol. The molecule has 1 nitrogen and oxygen atoms in total. The third kappa shape index (κ3) is 3.29. The summed E-state index contributed by atoms with van der Waals surface area (Å²) >= 11 is 0. The summed E-state index contributed by atoms with van der Waals surface area (Å²) in [6, 6.07) is 15.9. The van der Waals surface area contributed by atoms with Crippen molar-refractivity contribution in [2.75, 3.05) is 11.9 Å². The Labute approximate surface area is 128 Å². The molecule has 0 saturated carbocycles. The molecule has 1 aliphatic heterocycles. The molecule has 0 fully saturated rings. The van der Waals surface area contributed by atoms with E-state index in [1.165, 1.54) is 40.8 Å². The minimum absolute atomic E-state index is 0.604. The Morgan fingerprint density at radius 2 is 1.86 bits per heavy atom. The monoisotopic (exact) mass is 279 g/mol. The largest absolute Gasteiger partial charge is 0.385 e. The van der Waals surface area contributed by atoms with Crippen LogP contribution in [-0.2, 0) is 12.8 Å². The quantitative estimate of drug-likeness (QED) is 0.838. The Morgan fingerprint density at radius 3 is 2.57 bits per heavy atom. The first-order chi connectivity index (χ1) is 10.1. The molecule has 0 radical (unpaired) electrons. The maximum Gasteiger partial charge on any atom is 0.0373 e. The molecule has 0 saturated heterocycles. The Balaban J connectivity index is 1.74. The van der Waals surface area contributed by atoms with Gasteiger partial charge in [-0.15, -0.1) is 0 Å². The third-order valence-electron chi connectivity index (χ3n) is 4.53. The first-order valence-electron chi connectivity index (χ1n) is 8.04. The summed E-state index contributed by atoms with van der Waals surface area (Å²) in [5.41, 5.74) is 7.07. The van der Waals surface area contributed by atoms with Gasteiger partial charge >= 0.3 is 0 Å². The highest BCUT2D eigenvalue weighted by atomic mass is 14.9. The zero-order chi connectivity index (χ0) is 14.8. The second-order valence-corrected chi connectivity index (χ2v) is 6.71. The minimum atomic E-state index is 0.604. The maximum absolute atomic E-state index is 3.61. The first-order valence-corrected chi connectivity index (χ1v) is 8.04. The predicted octanol–water partition coefficient (Wildman–Crippen LogP) is 4.95. The lowest BCUT2D eigenvalue weighted by Gasteiger charge is -2.27. The molecule has 1 heterocycles. The summed E-state index contributed by atoms with van der Waals surface area (Å²) in [6.45, 7) is 7.76. The highest BCUT2D eigenvalue weighted by molar-refractivity contribution is 5.55. The van der Waals surface area contributed by atoms with Crippen LogP contribution in [0.25, 0.3) is 0 Å². The molecular formula is C20H25N. The van der Waals surface area contributed by atoms with Gasteiger partial charge in [-0.25, -0.2) is 0 Å². The van der Waals surface area contributed by atoms with Crippen LogP contribution in [0.15, 0.2) is 42.5 Å². The van der Waals surface area contributed by atoms with E-state index in [9.17, 15) is 0 Å². The van der Waals surface area contributed by atoms with Crippen LogP contribution >= 0.6 is 0 Å². The number of hydrogen-bond donors (Lipinski definition) is 1. The lowest BCUT2D eigenvalue weighted by molar-refractivity contribution is 0.534. The van der Waals surface area contributed by atoms with Crippen molar-refractivity contribution in [2.45, 2.75) is 39.5 Å². The van der Waals surface area contributed by atoms with Crippen LogP contribution in [0.3, 0.4) is 0 Å². The minimum Gasteiger partial charge on any atom is -0.385 e. The van der Waals surface area contributed by atoms with E-state index in [1.807, 2.05) is 0 Å². The fourth-order valence-corrected chi connectivity index (χ4v) is 3.15. The summed E-state index contributed by atoms with van der Waals surface area (Å²) in [4.78, 5) is 0. The van der Waals surface area contributed by atoms with Crippen LogP contribution in [0.1, 0.15) is 42.0 Å². The number of aryl methyl sites for hydroxylation is 1. The SMILES string of the molecule is Cc1ccc(CC2CNc3ccc(C(C)C)cc3C2)cc1. The van der Waals surface area contributed by atoms with Crippen molar-refractivity contribution in [3.8, 4) is 0 Å². The smallest absolute Gasteiger partial charge is 0.0373 e. The highest BCUT2D eigenvalue weighted by Gasteiger charge is 2.19. The number of rotatable bonds is 3. The van der Waals surface area contributed by atoms with E-state index in [-0.39, 0.29) is 0 Å². The van der Waals surface area contributed by atoms with Gasteiger partial charge in [-0.3, -0.25) is 0 Å². The van der Waals surface area contributed by atoms with Gasteiger partial charge in [-0.05, 0) is 54.4 Å². The Bertz CT molecular complexity index is 610. The number of benzene rings is 2. The van der Waals surface area contributed by atoms with Crippen molar-refractivity contribution < 1.29 is 0 Å². The Hall–Kier alpha value is -1.76. The van der Waals surface area contributed by atoms with Gasteiger partial charge in [-0.2, -0.15) is 0 Å². The van der Waals surface area contributed by atoms with Gasteiger partial charge in [0.25, 0.3) is 0 Å². The molecule has 0 aromatic heterocycles. The van der Waals surface area contributed by atoms with Gasteiger partial charge in [0, 0.05) is 12.2 Å². The molecule has 2 aromatic carbocycles. The summed E-state index contributed by atoms with van der Waals surface area (Å²) < 4.78 is 0. The molecule has 2 aromatic rings. The first kappa shape index (κ1) is 14.2. The molecule has 3 rings (SSSR count). The maximum atomic E-state index is 3.61. The highest BCUT2D eigenvalue weighted by Crippen LogP contribution is 2.29. The van der Waals surface area contributed by atoms with E-state index < -0.39 is 0 Å². The standard InChI is InChI=1S/C20H25N/c1-14(2)18-8-9-20-19(12-18)11-17(13-21-20)10-16-6-4-15(3)5-7-16/h4-9,12,14,17,21H,10-11,13H2,1-3H3. The molecule has 1 atom stereocenters. The molecule has 21 heavy (non-hydrogen) atoms. The van der Waals surface area contributed by atoms with E-state index in [2.05, 4.69) is 68.6 Å². The second-order valence-electron chi connectivity index (χ2n) is 6.71. The van der Waals surface area contributed by atoms with Crippen LogP contribution in [0.4, 0.5) is 5.69 Å². The Kier molecular flexibility index (Phi) is 4.01. The molecule has 0 aliphatic carbocycles. The van der Waals surface area contributed by atoms with Crippen molar-refractivity contribution in [1.82, 2.24) is 0 Å². The van der Waals surface area contributed by atoms with Crippen LogP contribution in [0.2, 0.25) is 0 Å². The predicted molar refractivity (Wildman–Crippen MR) is 91.1 cm³/mol. The van der Waals surface area contributed by atoms with Gasteiger partial charge < -0.3 is 5.32 Å². The molecule has 0 amide bonds. The average Bonchev–Trinajstić information content (AvgIpc) is 2.49. The van der Waals surface area contributed by atoms with Gasteiger partial charge in [0.1, 0.15) is 0 Å². The molecule has 0 bridgehead atoms. The summed E-state index contributed by atoms with van der Waals surface area (Å²) in [7, 11) is 0. The van der Waals surface area contributed by atoms with Crippen molar-refractivity contribution >= 4 is 5.69 Å². The lowest BCUT2D eigenvalue weighted by atomic mass is 9.87. The normalized spacial score (nSPS) is 17.4. The number of hydrogen-bond acceptors (Lipinski definition) is 1. The number of anilines is 1. The molecule has 110 valence electrons. The number of nitrogens with one attached hydrogen (secondary N) is 1. The fraction of sp³-hybridized carbons (Fsp3) is 0.400. The topological polar surface area (TPSA) is 12.0 Å². The van der Waals surface area contributed by atoms with Gasteiger partial charge in [-0.1, -0.05) is 55.8 Å². The van der Waals surface area contributed by atoms with E-state index in [0.717, 1.165) is 6.54 Å². The fourth-order valence-electron chi connectivity index (χ4n) is 3.15. The van der Waals surface area contributed by atoms with Crippen LogP contribution < -0.4 is 5.32 Å². The molecule has 0 spiro atoms. The number of fused-ring (bicyclic) bond motifs is 1. The zero-order valence-corrected chi connectivity index (χ0v) is 13.3. The molecule has 1 aliphatic rings. The molecule has 1 unspecified atom stereocenters. The van der Waals surface area contributed by atoms with E-state index >= 15 is 0 Å². The molecule has 1 heteroatoms. The lowest BCUT2D eigenvalue weighted by Crippen LogP contribution is -2.25. The van der Waals surface area contributed by atoms with E-state index in [4.69, 9.17) is 0 Å². The van der Waals surface area contributed by atoms with E-state index in [0.29, 0.717) is 11.8 Å². The Morgan fingerprint density at radius 1 is 1.10 bits per heavy atom. The van der Waals surface area contributed by atoms with Gasteiger partial charge in [0.15, 0.2) is 0 Å². The van der Waals surface area contributed by atoms with Gasteiger partial charge in [0.05, 0.1) is 0 Å². The van der Waals surface area contributed by atoms with Crippen molar-refractivity contribution in [3.63, 3.8) is 0 Å². The molecule has 1 N–H and O–H groups in total. The van der Waals surface area contributed by atoms with Crippen molar-refractivity contribution in [1.29, 1.82) is 0 Å². The van der Waals surface area contributed by atoms with Crippen molar-refractivity contribution in [3.05, 3.63) is 64.7 Å². The van der Waals surface area contributed by atoms with Gasteiger partial charge in [0.2, 0.25) is 0 Å². The summed E-state index contributed by atoms with van der Waals surface area (Å²) in [5, 5.41) is 3.61. The van der Waals surface area contributed by atoms with Crippen LogP contribution in [0, 0.1) is 12.8 Å². The summed E-state index contributed by atoms with van der Waals surface area (Å²) in [6.07, 6.45) is 2.36. The zero-order valence-electron chi connectivity index (χ0n) is 13.3. The average molecular weight is 279 g/mol. The van der Waals surface area contributed by atoms with E-state index in [1.54, 1.807) is 0 Å².